The van der Waals surface area contributed by atoms with Crippen molar-refractivity contribution in [1.29, 1.82) is 0 Å². The van der Waals surface area contributed by atoms with Crippen molar-refractivity contribution in [1.82, 2.24) is 14.7 Å². The molecule has 0 saturated heterocycles. The number of carbonyl (C=O) groups excluding carboxylic acids is 1. The molecule has 0 saturated carbocycles. The molecule has 0 fully saturated rings. The van der Waals surface area contributed by atoms with Crippen molar-refractivity contribution in [2.24, 2.45) is 5.73 Å². The van der Waals surface area contributed by atoms with Crippen LogP contribution in [0, 0.1) is 0 Å². The first kappa shape index (κ1) is 23.1. The van der Waals surface area contributed by atoms with E-state index in [1.54, 1.807) is 22.8 Å². The molecule has 0 spiro atoms. The van der Waals surface area contributed by atoms with E-state index in [1.165, 1.54) is 11.8 Å². The monoisotopic (exact) mass is 482 g/mol. The molecule has 1 amide bonds. The van der Waals surface area contributed by atoms with Gasteiger partial charge in [-0.05, 0) is 37.1 Å². The average Bonchev–Trinajstić information content (AvgIpc) is 3.28. The highest BCUT2D eigenvalue weighted by molar-refractivity contribution is 7.98. The van der Waals surface area contributed by atoms with Crippen molar-refractivity contribution < 1.29 is 9.32 Å². The van der Waals surface area contributed by atoms with Gasteiger partial charge in [-0.3, -0.25) is 14.2 Å². The zero-order chi connectivity index (χ0) is 23.2. The number of para-hydroxylation sites is 1. The number of fused-ring (bicyclic) bond motifs is 1. The Kier molecular flexibility index (Phi) is 7.47. The Labute approximate surface area is 199 Å². The largest absolute Gasteiger partial charge is 0.370 e. The zero-order valence-corrected chi connectivity index (χ0v) is 19.4. The second kappa shape index (κ2) is 10.7. The number of hydrogen-bond donors (Lipinski definition) is 1. The van der Waals surface area contributed by atoms with Crippen LogP contribution in [0.25, 0.3) is 22.2 Å². The van der Waals surface area contributed by atoms with Gasteiger partial charge in [0.2, 0.25) is 5.91 Å². The summed E-state index contributed by atoms with van der Waals surface area (Å²) in [6, 6.07) is 16.6. The Morgan fingerprint density at radius 3 is 2.67 bits per heavy atom. The van der Waals surface area contributed by atoms with Crippen LogP contribution in [0.5, 0.6) is 0 Å². The van der Waals surface area contributed by atoms with Crippen molar-refractivity contribution >= 4 is 40.2 Å². The molecule has 0 aliphatic carbocycles. The molecule has 2 aromatic heterocycles. The highest BCUT2D eigenvalue weighted by Crippen LogP contribution is 2.26. The lowest BCUT2D eigenvalue weighted by atomic mass is 10.1. The predicted octanol–water partition coefficient (Wildman–Crippen LogP) is 5.04. The van der Waals surface area contributed by atoms with Gasteiger partial charge in [0.05, 0.1) is 16.7 Å². The lowest BCUT2D eigenvalue weighted by Gasteiger charge is -2.12. The molecule has 2 N–H and O–H groups in total. The minimum atomic E-state index is -0.305. The molecule has 33 heavy (non-hydrogen) atoms. The number of carbonyl (C=O) groups is 1. The summed E-state index contributed by atoms with van der Waals surface area (Å²) in [5, 5.41) is 6.01. The fraction of sp³-hybridized carbons (Fsp3) is 0.250. The van der Waals surface area contributed by atoms with Crippen LogP contribution < -0.4 is 11.3 Å². The van der Waals surface area contributed by atoms with E-state index in [4.69, 9.17) is 26.8 Å². The second-order valence-corrected chi connectivity index (χ2v) is 9.00. The van der Waals surface area contributed by atoms with Crippen LogP contribution in [0.3, 0.4) is 0 Å². The number of aromatic nitrogens is 3. The quantitative estimate of drug-likeness (QED) is 0.193. The number of benzene rings is 2. The molecule has 170 valence electrons. The summed E-state index contributed by atoms with van der Waals surface area (Å²) >= 11 is 7.39. The molecule has 2 heterocycles. The van der Waals surface area contributed by atoms with Crippen LogP contribution >= 0.6 is 23.4 Å². The summed E-state index contributed by atoms with van der Waals surface area (Å²) in [5.74, 6) is 0.855. The maximum atomic E-state index is 13.1. The zero-order valence-electron chi connectivity index (χ0n) is 17.9. The van der Waals surface area contributed by atoms with Gasteiger partial charge in [-0.1, -0.05) is 59.2 Å². The van der Waals surface area contributed by atoms with Crippen molar-refractivity contribution in [3.05, 3.63) is 75.7 Å². The Bertz CT molecular complexity index is 1320. The molecular weight excluding hydrogens is 460 g/mol. The van der Waals surface area contributed by atoms with Crippen molar-refractivity contribution in [2.75, 3.05) is 0 Å². The minimum Gasteiger partial charge on any atom is -0.370 e. The normalized spacial score (nSPS) is 11.2. The highest BCUT2D eigenvalue weighted by Gasteiger charge is 2.14. The van der Waals surface area contributed by atoms with Crippen LogP contribution in [-0.4, -0.2) is 20.6 Å². The van der Waals surface area contributed by atoms with Gasteiger partial charge in [0.1, 0.15) is 11.5 Å². The lowest BCUT2D eigenvalue weighted by Crippen LogP contribution is -2.23. The maximum absolute atomic E-state index is 13.1. The van der Waals surface area contributed by atoms with Crippen LogP contribution in [0.1, 0.15) is 31.4 Å². The minimum absolute atomic E-state index is 0.0718. The number of rotatable bonds is 10. The Hall–Kier alpha value is -3.10. The standard InChI is InChI=1S/C24H23ClN4O3S/c25-17-11-9-16(10-12-17)21-14-18(32-28-21)15-33-24-27-20-7-4-3-6-19(20)23(31)29(24)13-5-1-2-8-22(26)30/h3-4,6-7,9-12,14H,1-2,5,8,13,15H2,(H2,26,30). The summed E-state index contributed by atoms with van der Waals surface area (Å²) in [7, 11) is 0. The molecule has 4 rings (SSSR count). The van der Waals surface area contributed by atoms with E-state index >= 15 is 0 Å². The third-order valence-corrected chi connectivity index (χ3v) is 6.42. The third kappa shape index (κ3) is 5.83. The van der Waals surface area contributed by atoms with Crippen molar-refractivity contribution in [3.63, 3.8) is 0 Å². The van der Waals surface area contributed by atoms with E-state index in [0.29, 0.717) is 52.0 Å². The van der Waals surface area contributed by atoms with Crippen LogP contribution in [0.4, 0.5) is 0 Å². The molecular formula is C24H23ClN4O3S. The molecule has 0 bridgehead atoms. The van der Waals surface area contributed by atoms with E-state index in [-0.39, 0.29) is 11.5 Å². The third-order valence-electron chi connectivity index (χ3n) is 5.17. The molecule has 9 heteroatoms. The van der Waals surface area contributed by atoms with Gasteiger partial charge in [0.15, 0.2) is 5.16 Å². The van der Waals surface area contributed by atoms with Gasteiger partial charge in [-0.15, -0.1) is 0 Å². The SMILES string of the molecule is NC(=O)CCCCCn1c(SCc2cc(-c3ccc(Cl)cc3)no2)nc2ccccc2c1=O. The first-order valence-corrected chi connectivity index (χ1v) is 12.0. The summed E-state index contributed by atoms with van der Waals surface area (Å²) < 4.78 is 7.20. The van der Waals surface area contributed by atoms with Gasteiger partial charge in [-0.25, -0.2) is 4.98 Å². The second-order valence-electron chi connectivity index (χ2n) is 7.62. The van der Waals surface area contributed by atoms with Gasteiger partial charge in [0, 0.05) is 29.6 Å². The van der Waals surface area contributed by atoms with Crippen molar-refractivity contribution in [3.8, 4) is 11.3 Å². The van der Waals surface area contributed by atoms with E-state index in [9.17, 15) is 9.59 Å². The molecule has 0 aliphatic heterocycles. The number of primary amides is 1. The first-order chi connectivity index (χ1) is 16.0. The fourth-order valence-corrected chi connectivity index (χ4v) is 4.50. The molecule has 0 unspecified atom stereocenters. The van der Waals surface area contributed by atoms with Gasteiger partial charge in [-0.2, -0.15) is 0 Å². The summed E-state index contributed by atoms with van der Waals surface area (Å²) in [5.41, 5.74) is 7.43. The van der Waals surface area contributed by atoms with Crippen LogP contribution in [0.15, 0.2) is 69.1 Å². The number of unbranched alkanes of at least 4 members (excludes halogenated alkanes) is 2. The van der Waals surface area contributed by atoms with E-state index in [2.05, 4.69) is 5.16 Å². The van der Waals surface area contributed by atoms with E-state index < -0.39 is 0 Å². The molecule has 0 radical (unpaired) electrons. The average molecular weight is 483 g/mol. The van der Waals surface area contributed by atoms with Gasteiger partial charge < -0.3 is 10.3 Å². The Morgan fingerprint density at radius 2 is 1.88 bits per heavy atom. The number of halogens is 1. The number of amides is 1. The maximum Gasteiger partial charge on any atom is 0.262 e. The summed E-state index contributed by atoms with van der Waals surface area (Å²) in [4.78, 5) is 28.8. The van der Waals surface area contributed by atoms with Crippen LogP contribution in [0.2, 0.25) is 5.02 Å². The molecule has 0 aliphatic rings. The topological polar surface area (TPSA) is 104 Å². The lowest BCUT2D eigenvalue weighted by molar-refractivity contribution is -0.118. The smallest absolute Gasteiger partial charge is 0.262 e. The number of nitrogens with zero attached hydrogens (tertiary/aromatic N) is 3. The van der Waals surface area contributed by atoms with Crippen molar-refractivity contribution in [2.45, 2.75) is 43.1 Å². The first-order valence-electron chi connectivity index (χ1n) is 10.6. The van der Waals surface area contributed by atoms with E-state index in [0.717, 1.165) is 24.1 Å². The fourth-order valence-electron chi connectivity index (χ4n) is 3.47. The Morgan fingerprint density at radius 1 is 1.09 bits per heavy atom. The molecule has 4 aromatic rings. The van der Waals surface area contributed by atoms with Gasteiger partial charge in [0.25, 0.3) is 5.56 Å². The number of thioether (sulfide) groups is 1. The number of nitrogens with two attached hydrogens (primary N) is 1. The number of hydrogen-bond acceptors (Lipinski definition) is 6. The molecule has 0 atom stereocenters. The molecule has 7 nitrogen and oxygen atoms in total. The summed E-state index contributed by atoms with van der Waals surface area (Å²) in [6.45, 7) is 0.518. The Balaban J connectivity index is 1.52. The summed E-state index contributed by atoms with van der Waals surface area (Å²) in [6.07, 6.45) is 2.62. The van der Waals surface area contributed by atoms with Crippen LogP contribution in [-0.2, 0) is 17.1 Å². The predicted molar refractivity (Wildman–Crippen MR) is 130 cm³/mol. The van der Waals surface area contributed by atoms with E-state index in [1.807, 2.05) is 36.4 Å². The molecule has 2 aromatic carbocycles. The van der Waals surface area contributed by atoms with Gasteiger partial charge >= 0.3 is 0 Å². The highest BCUT2D eigenvalue weighted by atomic mass is 35.5.